The Morgan fingerprint density at radius 1 is 1.08 bits per heavy atom. The molecule has 0 unspecified atom stereocenters. The van der Waals surface area contributed by atoms with Crippen molar-refractivity contribution in [2.24, 2.45) is 10.4 Å². The van der Waals surface area contributed by atoms with E-state index in [9.17, 15) is 9.18 Å². The smallest absolute Gasteiger partial charge is 0.227 e. The number of nitrogens with one attached hydrogen (secondary N) is 3. The van der Waals surface area contributed by atoms with E-state index in [2.05, 4.69) is 20.9 Å². The molecule has 1 aromatic rings. The number of carbonyl (C=O) groups excluding carboxylic acids is 1. The fraction of sp³-hybridized carbons (Fsp3) is 0.529. The van der Waals surface area contributed by atoms with Crippen LogP contribution in [0.5, 0.6) is 0 Å². The molecule has 0 heterocycles. The van der Waals surface area contributed by atoms with Crippen LogP contribution >= 0.6 is 24.0 Å². The lowest BCUT2D eigenvalue weighted by molar-refractivity contribution is -0.128. The third-order valence-corrected chi connectivity index (χ3v) is 3.33. The van der Waals surface area contributed by atoms with E-state index in [0.717, 1.165) is 12.1 Å². The molecular weight excluding hydrogens is 422 g/mol. The van der Waals surface area contributed by atoms with Gasteiger partial charge in [-0.25, -0.2) is 9.38 Å². The van der Waals surface area contributed by atoms with Crippen molar-refractivity contribution in [2.45, 2.75) is 34.2 Å². The molecule has 1 amide bonds. The summed E-state index contributed by atoms with van der Waals surface area (Å²) in [4.78, 5) is 16.5. The molecule has 5 nitrogen and oxygen atoms in total. The Morgan fingerprint density at radius 2 is 1.67 bits per heavy atom. The van der Waals surface area contributed by atoms with Gasteiger partial charge in [0.2, 0.25) is 5.91 Å². The van der Waals surface area contributed by atoms with E-state index in [4.69, 9.17) is 0 Å². The van der Waals surface area contributed by atoms with E-state index >= 15 is 0 Å². The van der Waals surface area contributed by atoms with Crippen LogP contribution in [0.2, 0.25) is 0 Å². The third kappa shape index (κ3) is 7.94. The van der Waals surface area contributed by atoms with Gasteiger partial charge in [-0.15, -0.1) is 24.0 Å². The summed E-state index contributed by atoms with van der Waals surface area (Å²) in [5.74, 6) is 0.377. The number of hydrogen-bond acceptors (Lipinski definition) is 2. The molecular formula is C17H28FIN4O. The Labute approximate surface area is 160 Å². The minimum Gasteiger partial charge on any atom is -0.357 e. The fourth-order valence-corrected chi connectivity index (χ4v) is 1.89. The van der Waals surface area contributed by atoms with Crippen LogP contribution in [0.15, 0.2) is 29.3 Å². The number of halogens is 2. The van der Waals surface area contributed by atoms with Crippen molar-refractivity contribution in [1.82, 2.24) is 16.0 Å². The zero-order valence-corrected chi connectivity index (χ0v) is 17.1. The van der Waals surface area contributed by atoms with Crippen molar-refractivity contribution in [3.8, 4) is 0 Å². The zero-order chi connectivity index (χ0) is 17.3. The van der Waals surface area contributed by atoms with Crippen LogP contribution in [-0.4, -0.2) is 31.5 Å². The molecule has 7 heteroatoms. The van der Waals surface area contributed by atoms with Crippen molar-refractivity contribution in [3.05, 3.63) is 35.6 Å². The molecule has 0 aliphatic carbocycles. The number of nitrogens with zero attached hydrogens (tertiary/aromatic N) is 1. The summed E-state index contributed by atoms with van der Waals surface area (Å²) in [5.41, 5.74) is 0.383. The number of guanidine groups is 1. The largest absolute Gasteiger partial charge is 0.357 e. The van der Waals surface area contributed by atoms with Crippen LogP contribution in [-0.2, 0) is 11.3 Å². The molecule has 3 N–H and O–H groups in total. The molecule has 0 radical (unpaired) electrons. The summed E-state index contributed by atoms with van der Waals surface area (Å²) >= 11 is 0. The lowest BCUT2D eigenvalue weighted by Crippen LogP contribution is -2.47. The Kier molecular flexibility index (Phi) is 10.6. The van der Waals surface area contributed by atoms with Crippen LogP contribution < -0.4 is 16.0 Å². The van der Waals surface area contributed by atoms with Crippen LogP contribution in [0.1, 0.15) is 33.3 Å². The Morgan fingerprint density at radius 3 is 2.21 bits per heavy atom. The van der Waals surface area contributed by atoms with Gasteiger partial charge < -0.3 is 16.0 Å². The summed E-state index contributed by atoms with van der Waals surface area (Å²) in [6, 6.07) is 6.26. The van der Waals surface area contributed by atoms with Crippen molar-refractivity contribution < 1.29 is 9.18 Å². The maximum Gasteiger partial charge on any atom is 0.227 e. The van der Waals surface area contributed by atoms with Gasteiger partial charge in [-0.3, -0.25) is 4.79 Å². The molecule has 0 bridgehead atoms. The number of carbonyl (C=O) groups is 1. The highest BCUT2D eigenvalue weighted by Gasteiger charge is 2.27. The monoisotopic (exact) mass is 450 g/mol. The quantitative estimate of drug-likeness (QED) is 0.340. The highest BCUT2D eigenvalue weighted by atomic mass is 127. The first-order valence-electron chi connectivity index (χ1n) is 7.94. The van der Waals surface area contributed by atoms with E-state index in [1.165, 1.54) is 12.1 Å². The predicted molar refractivity (Wildman–Crippen MR) is 107 cm³/mol. The molecule has 136 valence electrons. The van der Waals surface area contributed by atoms with E-state index in [1.807, 2.05) is 27.7 Å². The number of aliphatic imine (C=N–C) groups is 1. The van der Waals surface area contributed by atoms with E-state index < -0.39 is 5.41 Å². The normalized spacial score (nSPS) is 11.5. The maximum absolute atomic E-state index is 12.9. The third-order valence-electron chi connectivity index (χ3n) is 3.33. The van der Waals surface area contributed by atoms with Gasteiger partial charge in [-0.1, -0.05) is 12.1 Å². The lowest BCUT2D eigenvalue weighted by Gasteiger charge is -2.24. The molecule has 24 heavy (non-hydrogen) atoms. The molecule has 0 aromatic heterocycles. The molecule has 0 fully saturated rings. The molecule has 0 atom stereocenters. The van der Waals surface area contributed by atoms with Crippen LogP contribution in [0.25, 0.3) is 0 Å². The standard InChI is InChI=1S/C17H27FN4O.HI/c1-5-19-15(23)17(3,4)12-22-16(20-6-2)21-11-13-7-9-14(18)10-8-13;/h7-10H,5-6,11-12H2,1-4H3,(H,19,23)(H2,20,21,22);1H. The molecule has 0 aliphatic heterocycles. The highest BCUT2D eigenvalue weighted by Crippen LogP contribution is 2.13. The van der Waals surface area contributed by atoms with Crippen molar-refractivity contribution in [3.63, 3.8) is 0 Å². The molecule has 0 spiro atoms. The van der Waals surface area contributed by atoms with Gasteiger partial charge in [-0.2, -0.15) is 0 Å². The second-order valence-electron chi connectivity index (χ2n) is 5.92. The summed E-state index contributed by atoms with van der Waals surface area (Å²) in [6.45, 7) is 9.88. The molecule has 1 rings (SSSR count). The van der Waals surface area contributed by atoms with E-state index in [0.29, 0.717) is 25.6 Å². The summed E-state index contributed by atoms with van der Waals surface area (Å²) in [7, 11) is 0. The second kappa shape index (κ2) is 11.2. The predicted octanol–water partition coefficient (Wildman–Crippen LogP) is 2.66. The van der Waals surface area contributed by atoms with Crippen LogP contribution in [0.4, 0.5) is 4.39 Å². The molecule has 1 aromatic carbocycles. The van der Waals surface area contributed by atoms with Crippen molar-refractivity contribution in [1.29, 1.82) is 0 Å². The van der Waals surface area contributed by atoms with Gasteiger partial charge in [0.1, 0.15) is 5.82 Å². The highest BCUT2D eigenvalue weighted by molar-refractivity contribution is 14.0. The summed E-state index contributed by atoms with van der Waals surface area (Å²) < 4.78 is 12.9. The van der Waals surface area contributed by atoms with Crippen LogP contribution in [0.3, 0.4) is 0 Å². The maximum atomic E-state index is 12.9. The van der Waals surface area contributed by atoms with E-state index in [1.54, 1.807) is 12.1 Å². The average Bonchev–Trinajstić information content (AvgIpc) is 2.52. The second-order valence-corrected chi connectivity index (χ2v) is 5.92. The summed E-state index contributed by atoms with van der Waals surface area (Å²) in [6.07, 6.45) is 0. The minimum absolute atomic E-state index is 0. The Hall–Kier alpha value is -1.38. The molecule has 0 saturated carbocycles. The topological polar surface area (TPSA) is 65.5 Å². The SMILES string of the molecule is CCNC(=O)C(C)(C)CNC(=NCc1ccc(F)cc1)NCC.I. The average molecular weight is 450 g/mol. The van der Waals surface area contributed by atoms with Crippen molar-refractivity contribution in [2.75, 3.05) is 19.6 Å². The minimum atomic E-state index is -0.540. The summed E-state index contributed by atoms with van der Waals surface area (Å²) in [5, 5.41) is 9.16. The first-order chi connectivity index (χ1) is 10.9. The van der Waals surface area contributed by atoms with Gasteiger partial charge >= 0.3 is 0 Å². The number of benzene rings is 1. The first-order valence-corrected chi connectivity index (χ1v) is 7.94. The van der Waals surface area contributed by atoms with Crippen molar-refractivity contribution >= 4 is 35.8 Å². The van der Waals surface area contributed by atoms with Gasteiger partial charge in [0.25, 0.3) is 0 Å². The number of hydrogen-bond donors (Lipinski definition) is 3. The zero-order valence-electron chi connectivity index (χ0n) is 14.8. The Balaban J connectivity index is 0.00000529. The van der Waals surface area contributed by atoms with E-state index in [-0.39, 0.29) is 35.7 Å². The number of amides is 1. The van der Waals surface area contributed by atoms with Crippen LogP contribution in [0, 0.1) is 11.2 Å². The van der Waals surface area contributed by atoms with Gasteiger partial charge in [0, 0.05) is 19.6 Å². The molecule has 0 saturated heterocycles. The Bertz CT molecular complexity index is 532. The van der Waals surface area contributed by atoms with Gasteiger partial charge in [-0.05, 0) is 45.4 Å². The number of rotatable bonds is 7. The molecule has 0 aliphatic rings. The van der Waals surface area contributed by atoms with Gasteiger partial charge in [0.15, 0.2) is 5.96 Å². The lowest BCUT2D eigenvalue weighted by atomic mass is 9.92. The van der Waals surface area contributed by atoms with Gasteiger partial charge in [0.05, 0.1) is 12.0 Å². The fourth-order valence-electron chi connectivity index (χ4n) is 1.89. The first kappa shape index (κ1) is 22.6.